The normalized spacial score (nSPS) is 11.7. The molecule has 4 nitrogen and oxygen atoms in total. The molecule has 0 heterocycles. The van der Waals surface area contributed by atoms with Crippen molar-refractivity contribution in [3.8, 4) is 11.5 Å². The summed E-state index contributed by atoms with van der Waals surface area (Å²) in [5.41, 5.74) is 1.45. The quantitative estimate of drug-likeness (QED) is 0.790. The van der Waals surface area contributed by atoms with Crippen molar-refractivity contribution in [1.29, 1.82) is 0 Å². The van der Waals surface area contributed by atoms with Crippen LogP contribution in [0.15, 0.2) is 12.1 Å². The number of aliphatic hydroxyl groups excluding tert-OH is 1. The van der Waals surface area contributed by atoms with Crippen molar-refractivity contribution >= 4 is 0 Å². The fourth-order valence-corrected chi connectivity index (χ4v) is 1.63. The molecule has 4 heteroatoms. The number of hydrogen-bond donors (Lipinski definition) is 1. The summed E-state index contributed by atoms with van der Waals surface area (Å²) in [6.45, 7) is 8.62. The Bertz CT molecular complexity index is 409. The minimum atomic E-state index is -0.822. The third-order valence-corrected chi connectivity index (χ3v) is 2.43. The van der Waals surface area contributed by atoms with E-state index in [1.165, 1.54) is 7.11 Å². The molecule has 0 aliphatic carbocycles. The van der Waals surface area contributed by atoms with Gasteiger partial charge in [-0.15, -0.1) is 0 Å². The number of benzene rings is 1. The van der Waals surface area contributed by atoms with Crippen LogP contribution in [0.2, 0.25) is 0 Å². The zero-order valence-corrected chi connectivity index (χ0v) is 9.65. The fourth-order valence-electron chi connectivity index (χ4n) is 1.63. The van der Waals surface area contributed by atoms with E-state index in [0.29, 0.717) is 17.1 Å². The molecular formula is C12H15NO3. The van der Waals surface area contributed by atoms with Gasteiger partial charge >= 0.3 is 0 Å². The molecule has 0 saturated carbocycles. The van der Waals surface area contributed by atoms with Crippen LogP contribution in [0.25, 0.3) is 4.85 Å². The highest BCUT2D eigenvalue weighted by Crippen LogP contribution is 2.34. The van der Waals surface area contributed by atoms with E-state index in [1.54, 1.807) is 19.2 Å². The van der Waals surface area contributed by atoms with E-state index < -0.39 is 6.10 Å². The molecule has 0 aliphatic rings. The molecule has 1 aromatic carbocycles. The third-order valence-electron chi connectivity index (χ3n) is 2.43. The van der Waals surface area contributed by atoms with Gasteiger partial charge in [0.15, 0.2) is 6.10 Å². The monoisotopic (exact) mass is 221 g/mol. The van der Waals surface area contributed by atoms with Gasteiger partial charge in [0.2, 0.25) is 6.54 Å². The summed E-state index contributed by atoms with van der Waals surface area (Å²) in [6.07, 6.45) is -0.822. The van der Waals surface area contributed by atoms with E-state index in [-0.39, 0.29) is 6.54 Å². The molecule has 1 N–H and O–H groups in total. The minimum absolute atomic E-state index is 0.0299. The Morgan fingerprint density at radius 2 is 2.06 bits per heavy atom. The molecule has 0 aromatic heterocycles. The van der Waals surface area contributed by atoms with Gasteiger partial charge in [0.25, 0.3) is 0 Å². The van der Waals surface area contributed by atoms with Gasteiger partial charge in [-0.05, 0) is 19.1 Å². The Balaban J connectivity index is 3.21. The second kappa shape index (κ2) is 5.38. The Morgan fingerprint density at radius 1 is 1.38 bits per heavy atom. The van der Waals surface area contributed by atoms with Crippen molar-refractivity contribution in [2.24, 2.45) is 0 Å². The zero-order chi connectivity index (χ0) is 12.1. The van der Waals surface area contributed by atoms with Crippen LogP contribution in [0.3, 0.4) is 0 Å². The topological polar surface area (TPSA) is 43.0 Å². The summed E-state index contributed by atoms with van der Waals surface area (Å²) in [5.74, 6) is 1.28. The third kappa shape index (κ3) is 2.26. The lowest BCUT2D eigenvalue weighted by atomic mass is 10.0. The van der Waals surface area contributed by atoms with E-state index in [2.05, 4.69) is 4.85 Å². The van der Waals surface area contributed by atoms with Crippen molar-refractivity contribution in [2.45, 2.75) is 13.0 Å². The maximum Gasteiger partial charge on any atom is 0.244 e. The molecule has 0 saturated heterocycles. The molecule has 0 aliphatic heterocycles. The molecule has 0 radical (unpaired) electrons. The molecule has 1 unspecified atom stereocenters. The van der Waals surface area contributed by atoms with Gasteiger partial charge in [0.1, 0.15) is 11.5 Å². The SMILES string of the molecule is [C-]#[N+]CC(O)c1ccc(OC)c(C)c1OC. The highest BCUT2D eigenvalue weighted by atomic mass is 16.5. The fraction of sp³-hybridized carbons (Fsp3) is 0.417. The van der Waals surface area contributed by atoms with Crippen LogP contribution < -0.4 is 9.47 Å². The van der Waals surface area contributed by atoms with E-state index >= 15 is 0 Å². The average Bonchev–Trinajstić information content (AvgIpc) is 2.28. The molecule has 86 valence electrons. The van der Waals surface area contributed by atoms with Crippen molar-refractivity contribution in [2.75, 3.05) is 20.8 Å². The lowest BCUT2D eigenvalue weighted by Crippen LogP contribution is -2.05. The number of rotatable bonds is 4. The highest BCUT2D eigenvalue weighted by Gasteiger charge is 2.19. The summed E-state index contributed by atoms with van der Waals surface area (Å²) in [4.78, 5) is 3.17. The van der Waals surface area contributed by atoms with Gasteiger partial charge in [0.05, 0.1) is 14.2 Å². The van der Waals surface area contributed by atoms with Crippen molar-refractivity contribution in [3.05, 3.63) is 34.7 Å². The lowest BCUT2D eigenvalue weighted by Gasteiger charge is -2.15. The molecule has 0 fully saturated rings. The van der Waals surface area contributed by atoms with Crippen molar-refractivity contribution < 1.29 is 14.6 Å². The Kier molecular flexibility index (Phi) is 4.15. The maximum atomic E-state index is 9.79. The molecule has 1 rings (SSSR count). The molecular weight excluding hydrogens is 206 g/mol. The van der Waals surface area contributed by atoms with Gasteiger partial charge in [-0.2, -0.15) is 0 Å². The first-order valence-corrected chi connectivity index (χ1v) is 4.88. The van der Waals surface area contributed by atoms with Crippen molar-refractivity contribution in [3.63, 3.8) is 0 Å². The molecule has 1 aromatic rings. The number of nitrogens with zero attached hydrogens (tertiary/aromatic N) is 1. The van der Waals surface area contributed by atoms with Crippen LogP contribution >= 0.6 is 0 Å². The van der Waals surface area contributed by atoms with Crippen LogP contribution in [0, 0.1) is 13.5 Å². The second-order valence-electron chi connectivity index (χ2n) is 3.37. The number of aliphatic hydroxyl groups is 1. The predicted octanol–water partition coefficient (Wildman–Crippen LogP) is 1.96. The zero-order valence-electron chi connectivity index (χ0n) is 9.65. The molecule has 0 spiro atoms. The van der Waals surface area contributed by atoms with E-state index in [1.807, 2.05) is 6.92 Å². The summed E-state index contributed by atoms with van der Waals surface area (Å²) in [7, 11) is 3.12. The molecule has 0 amide bonds. The first-order chi connectivity index (χ1) is 7.65. The van der Waals surface area contributed by atoms with Crippen LogP contribution in [-0.4, -0.2) is 25.9 Å². The number of methoxy groups -OCH3 is 2. The summed E-state index contributed by atoms with van der Waals surface area (Å²) < 4.78 is 10.4. The van der Waals surface area contributed by atoms with Gasteiger partial charge in [-0.25, -0.2) is 6.57 Å². The first kappa shape index (κ1) is 12.3. The van der Waals surface area contributed by atoms with Crippen molar-refractivity contribution in [1.82, 2.24) is 0 Å². The van der Waals surface area contributed by atoms with E-state index in [0.717, 1.165) is 5.56 Å². The minimum Gasteiger partial charge on any atom is -0.496 e. The lowest BCUT2D eigenvalue weighted by molar-refractivity contribution is 0.190. The average molecular weight is 221 g/mol. The van der Waals surface area contributed by atoms with E-state index in [9.17, 15) is 5.11 Å². The van der Waals surface area contributed by atoms with Gasteiger partial charge in [-0.1, -0.05) is 0 Å². The Morgan fingerprint density at radius 3 is 2.56 bits per heavy atom. The highest BCUT2D eigenvalue weighted by molar-refractivity contribution is 5.50. The Hall–Kier alpha value is -1.73. The summed E-state index contributed by atoms with van der Waals surface area (Å²) in [5, 5.41) is 9.79. The number of hydrogen-bond acceptors (Lipinski definition) is 3. The van der Waals surface area contributed by atoms with Crippen LogP contribution in [0.5, 0.6) is 11.5 Å². The summed E-state index contributed by atoms with van der Waals surface area (Å²) in [6, 6.07) is 3.49. The predicted molar refractivity (Wildman–Crippen MR) is 60.7 cm³/mol. The largest absolute Gasteiger partial charge is 0.496 e. The molecule has 16 heavy (non-hydrogen) atoms. The van der Waals surface area contributed by atoms with E-state index in [4.69, 9.17) is 16.0 Å². The maximum absolute atomic E-state index is 9.79. The molecule has 0 bridgehead atoms. The number of ether oxygens (including phenoxy) is 2. The standard InChI is InChI=1S/C12H15NO3/c1-8-11(15-3)6-5-9(12(8)16-4)10(14)7-13-2/h5-6,10,14H,7H2,1,3-4H3. The van der Waals surface area contributed by atoms with Gasteiger partial charge in [0, 0.05) is 11.1 Å². The Labute approximate surface area is 95.2 Å². The summed E-state index contributed by atoms with van der Waals surface area (Å²) >= 11 is 0. The second-order valence-corrected chi connectivity index (χ2v) is 3.37. The smallest absolute Gasteiger partial charge is 0.244 e. The van der Waals surface area contributed by atoms with Crippen LogP contribution in [-0.2, 0) is 0 Å². The van der Waals surface area contributed by atoms with Crippen LogP contribution in [0.4, 0.5) is 0 Å². The van der Waals surface area contributed by atoms with Gasteiger partial charge < -0.3 is 19.4 Å². The molecule has 1 atom stereocenters. The first-order valence-electron chi connectivity index (χ1n) is 4.88. The van der Waals surface area contributed by atoms with Crippen LogP contribution in [0.1, 0.15) is 17.2 Å². The van der Waals surface area contributed by atoms with Gasteiger partial charge in [-0.3, -0.25) is 0 Å².